The van der Waals surface area contributed by atoms with Gasteiger partial charge in [0.05, 0.1) is 11.0 Å². The van der Waals surface area contributed by atoms with E-state index in [4.69, 9.17) is 5.11 Å². The van der Waals surface area contributed by atoms with E-state index in [1.807, 2.05) is 0 Å². The first-order valence-corrected chi connectivity index (χ1v) is 5.81. The molecular formula is C13H18N2O. The number of aromatic nitrogens is 2. The molecule has 2 rings (SSSR count). The van der Waals surface area contributed by atoms with Gasteiger partial charge in [0.1, 0.15) is 5.82 Å². The summed E-state index contributed by atoms with van der Waals surface area (Å²) < 4.78 is 2.15. The Morgan fingerprint density at radius 3 is 2.81 bits per heavy atom. The summed E-state index contributed by atoms with van der Waals surface area (Å²) in [6.07, 6.45) is 2.83. The molecule has 0 bridgehead atoms. The monoisotopic (exact) mass is 218 g/mol. The van der Waals surface area contributed by atoms with E-state index < -0.39 is 0 Å². The van der Waals surface area contributed by atoms with Crippen molar-refractivity contribution < 1.29 is 5.11 Å². The van der Waals surface area contributed by atoms with Crippen LogP contribution in [0.1, 0.15) is 24.7 Å². The van der Waals surface area contributed by atoms with Gasteiger partial charge in [0, 0.05) is 20.1 Å². The van der Waals surface area contributed by atoms with Crippen molar-refractivity contribution in [1.29, 1.82) is 0 Å². The fourth-order valence-electron chi connectivity index (χ4n) is 2.03. The summed E-state index contributed by atoms with van der Waals surface area (Å²) in [5.41, 5.74) is 3.36. The molecule has 1 aromatic heterocycles. The van der Waals surface area contributed by atoms with Crippen LogP contribution >= 0.6 is 0 Å². The van der Waals surface area contributed by atoms with Gasteiger partial charge in [-0.3, -0.25) is 0 Å². The largest absolute Gasteiger partial charge is 0.396 e. The third kappa shape index (κ3) is 1.95. The van der Waals surface area contributed by atoms with Gasteiger partial charge < -0.3 is 9.67 Å². The maximum absolute atomic E-state index is 8.91. The minimum absolute atomic E-state index is 0.195. The quantitative estimate of drug-likeness (QED) is 0.853. The Labute approximate surface area is 95.7 Å². The second kappa shape index (κ2) is 4.66. The van der Waals surface area contributed by atoms with Crippen molar-refractivity contribution in [2.45, 2.75) is 26.2 Å². The Bertz CT molecular complexity index is 488. The molecule has 2 aromatic rings. The number of nitrogens with zero attached hydrogens (tertiary/aromatic N) is 2. The standard InChI is InChI=1S/C13H18N2O/c1-3-4-13-14-11-9-10(7-8-16)5-6-12(11)15(13)2/h5-6,9,16H,3-4,7-8H2,1-2H3. The Balaban J connectivity index is 2.45. The Kier molecular flexibility index (Phi) is 3.25. The van der Waals surface area contributed by atoms with Crippen molar-refractivity contribution in [3.8, 4) is 0 Å². The van der Waals surface area contributed by atoms with Gasteiger partial charge in [0.2, 0.25) is 0 Å². The van der Waals surface area contributed by atoms with Crippen molar-refractivity contribution in [3.63, 3.8) is 0 Å². The highest BCUT2D eigenvalue weighted by atomic mass is 16.2. The molecule has 3 heteroatoms. The van der Waals surface area contributed by atoms with Crippen LogP contribution in [0.25, 0.3) is 11.0 Å². The summed E-state index contributed by atoms with van der Waals surface area (Å²) in [7, 11) is 2.06. The lowest BCUT2D eigenvalue weighted by molar-refractivity contribution is 0.299. The molecule has 0 saturated heterocycles. The van der Waals surface area contributed by atoms with E-state index in [2.05, 4.69) is 41.7 Å². The van der Waals surface area contributed by atoms with Crippen LogP contribution < -0.4 is 0 Å². The summed E-state index contributed by atoms with van der Waals surface area (Å²) in [5.74, 6) is 1.14. The third-order valence-corrected chi connectivity index (χ3v) is 2.91. The average Bonchev–Trinajstić information content (AvgIpc) is 2.57. The molecular weight excluding hydrogens is 200 g/mol. The van der Waals surface area contributed by atoms with Gasteiger partial charge in [-0.25, -0.2) is 4.98 Å². The maximum atomic E-state index is 8.91. The molecule has 16 heavy (non-hydrogen) atoms. The van der Waals surface area contributed by atoms with Gasteiger partial charge in [-0.15, -0.1) is 0 Å². The first kappa shape index (κ1) is 11.1. The highest BCUT2D eigenvalue weighted by molar-refractivity contribution is 5.76. The average molecular weight is 218 g/mol. The second-order valence-corrected chi connectivity index (χ2v) is 4.13. The van der Waals surface area contributed by atoms with Gasteiger partial charge in [0.15, 0.2) is 0 Å². The van der Waals surface area contributed by atoms with E-state index in [-0.39, 0.29) is 6.61 Å². The summed E-state index contributed by atoms with van der Waals surface area (Å²) in [6.45, 7) is 2.36. The lowest BCUT2D eigenvalue weighted by Crippen LogP contribution is -1.96. The molecule has 0 aliphatic heterocycles. The summed E-state index contributed by atoms with van der Waals surface area (Å²) in [5, 5.41) is 8.91. The minimum Gasteiger partial charge on any atom is -0.396 e. The molecule has 0 atom stereocenters. The molecule has 1 aromatic carbocycles. The first-order chi connectivity index (χ1) is 7.76. The third-order valence-electron chi connectivity index (χ3n) is 2.91. The zero-order chi connectivity index (χ0) is 11.5. The number of hydrogen-bond acceptors (Lipinski definition) is 2. The highest BCUT2D eigenvalue weighted by Gasteiger charge is 2.07. The number of imidazole rings is 1. The van der Waals surface area contributed by atoms with Crippen LogP contribution in [0.15, 0.2) is 18.2 Å². The van der Waals surface area contributed by atoms with E-state index in [9.17, 15) is 0 Å². The molecule has 0 aliphatic rings. The number of aliphatic hydroxyl groups is 1. The number of rotatable bonds is 4. The smallest absolute Gasteiger partial charge is 0.109 e. The molecule has 0 amide bonds. The van der Waals surface area contributed by atoms with Crippen LogP contribution in [0.3, 0.4) is 0 Å². The molecule has 0 radical (unpaired) electrons. The van der Waals surface area contributed by atoms with Crippen molar-refractivity contribution in [2.75, 3.05) is 6.61 Å². The van der Waals surface area contributed by atoms with Crippen molar-refractivity contribution >= 4 is 11.0 Å². The number of hydrogen-bond donors (Lipinski definition) is 1. The topological polar surface area (TPSA) is 38.1 Å². The number of aryl methyl sites for hydroxylation is 2. The minimum atomic E-state index is 0.195. The van der Waals surface area contributed by atoms with E-state index in [1.54, 1.807) is 0 Å². The molecule has 0 spiro atoms. The summed E-state index contributed by atoms with van der Waals surface area (Å²) >= 11 is 0. The second-order valence-electron chi connectivity index (χ2n) is 4.13. The van der Waals surface area contributed by atoms with E-state index in [1.165, 1.54) is 5.52 Å². The van der Waals surface area contributed by atoms with Gasteiger partial charge in [-0.05, 0) is 30.5 Å². The van der Waals surface area contributed by atoms with Crippen LogP contribution in [0, 0.1) is 0 Å². The van der Waals surface area contributed by atoms with E-state index in [0.29, 0.717) is 6.42 Å². The summed E-state index contributed by atoms with van der Waals surface area (Å²) in [6, 6.07) is 6.23. The van der Waals surface area contributed by atoms with Crippen molar-refractivity contribution in [2.24, 2.45) is 7.05 Å². The number of fused-ring (bicyclic) bond motifs is 1. The number of benzene rings is 1. The van der Waals surface area contributed by atoms with Crippen LogP contribution in [-0.2, 0) is 19.9 Å². The van der Waals surface area contributed by atoms with Gasteiger partial charge in [-0.2, -0.15) is 0 Å². The molecule has 1 N–H and O–H groups in total. The predicted octanol–water partition coefficient (Wildman–Crippen LogP) is 2.06. The van der Waals surface area contributed by atoms with Crippen LogP contribution in [0.4, 0.5) is 0 Å². The molecule has 0 saturated carbocycles. The Morgan fingerprint density at radius 1 is 1.31 bits per heavy atom. The molecule has 1 heterocycles. The molecule has 86 valence electrons. The fourth-order valence-corrected chi connectivity index (χ4v) is 2.03. The van der Waals surface area contributed by atoms with Gasteiger partial charge >= 0.3 is 0 Å². The Hall–Kier alpha value is -1.35. The van der Waals surface area contributed by atoms with Gasteiger partial charge in [0.25, 0.3) is 0 Å². The van der Waals surface area contributed by atoms with Crippen LogP contribution in [-0.4, -0.2) is 21.3 Å². The fraction of sp³-hybridized carbons (Fsp3) is 0.462. The predicted molar refractivity (Wildman–Crippen MR) is 65.5 cm³/mol. The zero-order valence-corrected chi connectivity index (χ0v) is 9.90. The molecule has 0 aliphatic carbocycles. The van der Waals surface area contributed by atoms with E-state index in [0.717, 1.165) is 29.7 Å². The van der Waals surface area contributed by atoms with E-state index >= 15 is 0 Å². The SMILES string of the molecule is CCCc1nc2cc(CCO)ccc2n1C. The van der Waals surface area contributed by atoms with Crippen molar-refractivity contribution in [1.82, 2.24) is 9.55 Å². The molecule has 0 unspecified atom stereocenters. The lowest BCUT2D eigenvalue weighted by atomic mass is 10.1. The first-order valence-electron chi connectivity index (χ1n) is 5.81. The zero-order valence-electron chi connectivity index (χ0n) is 9.90. The van der Waals surface area contributed by atoms with Crippen LogP contribution in [0.5, 0.6) is 0 Å². The highest BCUT2D eigenvalue weighted by Crippen LogP contribution is 2.17. The number of aliphatic hydroxyl groups excluding tert-OH is 1. The van der Waals surface area contributed by atoms with Gasteiger partial charge in [-0.1, -0.05) is 13.0 Å². The summed E-state index contributed by atoms with van der Waals surface area (Å²) in [4.78, 5) is 4.63. The lowest BCUT2D eigenvalue weighted by Gasteiger charge is -2.00. The maximum Gasteiger partial charge on any atom is 0.109 e. The molecule has 3 nitrogen and oxygen atoms in total. The normalized spacial score (nSPS) is 11.2. The van der Waals surface area contributed by atoms with Crippen molar-refractivity contribution in [3.05, 3.63) is 29.6 Å². The molecule has 0 fully saturated rings. The Morgan fingerprint density at radius 2 is 2.12 bits per heavy atom. The van der Waals surface area contributed by atoms with Crippen LogP contribution in [0.2, 0.25) is 0 Å².